The van der Waals surface area contributed by atoms with Crippen LogP contribution in [0.2, 0.25) is 0 Å². The van der Waals surface area contributed by atoms with Gasteiger partial charge in [-0.05, 0) is 24.1 Å². The maximum Gasteiger partial charge on any atom is 0.260 e. The van der Waals surface area contributed by atoms with E-state index in [0.29, 0.717) is 29.9 Å². The molecule has 0 spiro atoms. The highest BCUT2D eigenvalue weighted by atomic mass is 19.3. The Hall–Kier alpha value is -2.91. The minimum Gasteiger partial charge on any atom is -0.378 e. The second-order valence-corrected chi connectivity index (χ2v) is 8.36. The van der Waals surface area contributed by atoms with Crippen LogP contribution >= 0.6 is 0 Å². The number of pyridine rings is 1. The molecule has 0 bridgehead atoms. The van der Waals surface area contributed by atoms with E-state index in [9.17, 15) is 8.78 Å². The summed E-state index contributed by atoms with van der Waals surface area (Å²) in [7, 11) is 0. The van der Waals surface area contributed by atoms with Crippen LogP contribution < -0.4 is 15.5 Å². The predicted octanol–water partition coefficient (Wildman–Crippen LogP) is 3.19. The Morgan fingerprint density at radius 3 is 2.69 bits per heavy atom. The van der Waals surface area contributed by atoms with E-state index >= 15 is 0 Å². The fraction of sp³-hybridized carbons (Fsp3) is 0.435. The van der Waals surface area contributed by atoms with Crippen LogP contribution in [-0.2, 0) is 4.74 Å². The van der Waals surface area contributed by atoms with Crippen molar-refractivity contribution >= 4 is 22.5 Å². The third-order valence-corrected chi connectivity index (χ3v) is 5.96. The predicted molar refractivity (Wildman–Crippen MR) is 120 cm³/mol. The van der Waals surface area contributed by atoms with E-state index in [2.05, 4.69) is 37.6 Å². The zero-order valence-corrected chi connectivity index (χ0v) is 17.7. The van der Waals surface area contributed by atoms with E-state index in [-0.39, 0.29) is 18.9 Å². The third kappa shape index (κ3) is 4.63. The summed E-state index contributed by atoms with van der Waals surface area (Å²) in [6, 6.07) is 10.2. The molecule has 2 saturated heterocycles. The van der Waals surface area contributed by atoms with Gasteiger partial charge in [0.1, 0.15) is 5.52 Å². The summed E-state index contributed by atoms with van der Waals surface area (Å²) in [5.41, 5.74) is 4.23. The summed E-state index contributed by atoms with van der Waals surface area (Å²) >= 11 is 0. The highest BCUT2D eigenvalue weighted by Gasteiger charge is 2.36. The van der Waals surface area contributed by atoms with Gasteiger partial charge in [-0.2, -0.15) is 0 Å². The number of aromatic nitrogens is 3. The minimum absolute atomic E-state index is 0.140. The summed E-state index contributed by atoms with van der Waals surface area (Å²) in [6.45, 7) is 3.93. The quantitative estimate of drug-likeness (QED) is 0.631. The van der Waals surface area contributed by atoms with Crippen molar-refractivity contribution in [2.75, 3.05) is 56.2 Å². The second kappa shape index (κ2) is 8.91. The number of fused-ring (bicyclic) bond motifs is 1. The van der Waals surface area contributed by atoms with Gasteiger partial charge < -0.3 is 20.3 Å². The van der Waals surface area contributed by atoms with E-state index in [1.165, 1.54) is 0 Å². The number of rotatable bonds is 5. The smallest absolute Gasteiger partial charge is 0.260 e. The van der Waals surface area contributed by atoms with Crippen LogP contribution in [0.25, 0.3) is 22.3 Å². The Bertz CT molecular complexity index is 1070. The lowest BCUT2D eigenvalue weighted by molar-refractivity contribution is -0.0370. The van der Waals surface area contributed by atoms with E-state index in [4.69, 9.17) is 9.72 Å². The average molecular weight is 440 g/mol. The number of halogens is 2. The molecule has 0 radical (unpaired) electrons. The summed E-state index contributed by atoms with van der Waals surface area (Å²) in [5.74, 6) is -2.30. The number of anilines is 2. The lowest BCUT2D eigenvalue weighted by atomic mass is 9.97. The number of hydrogen-bond donors (Lipinski definition) is 2. The van der Waals surface area contributed by atoms with E-state index < -0.39 is 5.92 Å². The van der Waals surface area contributed by atoms with Crippen molar-refractivity contribution in [3.8, 4) is 11.3 Å². The normalized spacial score (nSPS) is 20.9. The Morgan fingerprint density at radius 1 is 1.12 bits per heavy atom. The van der Waals surface area contributed by atoms with Gasteiger partial charge in [0.25, 0.3) is 5.92 Å². The lowest BCUT2D eigenvalue weighted by Gasteiger charge is -2.30. The van der Waals surface area contributed by atoms with Crippen LogP contribution in [0, 0.1) is 5.92 Å². The zero-order valence-electron chi connectivity index (χ0n) is 17.7. The monoisotopic (exact) mass is 440 g/mol. The molecule has 2 aliphatic rings. The molecule has 1 aromatic carbocycles. The average Bonchev–Trinajstić information content (AvgIpc) is 2.82. The van der Waals surface area contributed by atoms with Crippen molar-refractivity contribution in [1.29, 1.82) is 0 Å². The topological polar surface area (TPSA) is 75.2 Å². The van der Waals surface area contributed by atoms with Crippen LogP contribution in [0.1, 0.15) is 6.42 Å². The molecule has 9 heteroatoms. The van der Waals surface area contributed by atoms with Gasteiger partial charge in [0.2, 0.25) is 0 Å². The number of nitrogens with zero attached hydrogens (tertiary/aromatic N) is 4. The van der Waals surface area contributed by atoms with E-state index in [1.807, 2.05) is 18.2 Å². The molecule has 4 heterocycles. The van der Waals surface area contributed by atoms with Crippen molar-refractivity contribution in [2.24, 2.45) is 5.92 Å². The molecular weight excluding hydrogens is 414 g/mol. The van der Waals surface area contributed by atoms with Gasteiger partial charge in [0.05, 0.1) is 31.0 Å². The van der Waals surface area contributed by atoms with Crippen LogP contribution in [0.3, 0.4) is 0 Å². The number of alkyl halides is 2. The molecule has 2 aliphatic heterocycles. The molecule has 7 nitrogen and oxygen atoms in total. The minimum atomic E-state index is -2.68. The molecule has 3 aromatic rings. The first-order valence-corrected chi connectivity index (χ1v) is 10.9. The van der Waals surface area contributed by atoms with Gasteiger partial charge >= 0.3 is 0 Å². The lowest BCUT2D eigenvalue weighted by Crippen LogP contribution is -2.45. The van der Waals surface area contributed by atoms with Gasteiger partial charge in [-0.3, -0.25) is 4.98 Å². The van der Waals surface area contributed by atoms with Crippen LogP contribution in [0.5, 0.6) is 0 Å². The van der Waals surface area contributed by atoms with Gasteiger partial charge in [-0.1, -0.05) is 12.1 Å². The number of benzene rings is 1. The molecule has 1 atom stereocenters. The number of morpholine rings is 1. The summed E-state index contributed by atoms with van der Waals surface area (Å²) in [6.07, 6.45) is 3.12. The SMILES string of the molecule is FC1(F)CNCC(CNc2nc(-c3ccc(N4CCOCC4)cc3)cc3nccnc23)C1. The highest BCUT2D eigenvalue weighted by Crippen LogP contribution is 2.29. The Morgan fingerprint density at radius 2 is 1.91 bits per heavy atom. The molecule has 5 rings (SSSR count). The summed E-state index contributed by atoms with van der Waals surface area (Å²) in [5, 5.41) is 6.08. The Labute approximate surface area is 185 Å². The highest BCUT2D eigenvalue weighted by molar-refractivity contribution is 5.88. The summed E-state index contributed by atoms with van der Waals surface area (Å²) in [4.78, 5) is 15.9. The number of piperidine rings is 1. The summed E-state index contributed by atoms with van der Waals surface area (Å²) < 4.78 is 32.9. The molecule has 0 saturated carbocycles. The standard InChI is InChI=1S/C23H26F2N6O/c24-23(25)12-16(13-26-15-23)14-29-22-21-20(27-5-6-28-21)11-19(30-22)17-1-3-18(4-2-17)31-7-9-32-10-8-31/h1-6,11,16,26H,7-10,12-15H2,(H,29,30). The maximum atomic E-state index is 13.7. The molecular formula is C23H26F2N6O. The third-order valence-electron chi connectivity index (χ3n) is 5.96. The number of ether oxygens (including phenoxy) is 1. The van der Waals surface area contributed by atoms with Crippen molar-refractivity contribution in [3.63, 3.8) is 0 Å². The first-order chi connectivity index (χ1) is 15.6. The Kier molecular flexibility index (Phi) is 5.84. The Balaban J connectivity index is 1.39. The van der Waals surface area contributed by atoms with Crippen LogP contribution in [0.15, 0.2) is 42.7 Å². The van der Waals surface area contributed by atoms with Crippen molar-refractivity contribution < 1.29 is 13.5 Å². The van der Waals surface area contributed by atoms with Gasteiger partial charge in [-0.15, -0.1) is 0 Å². The second-order valence-electron chi connectivity index (χ2n) is 8.36. The van der Waals surface area contributed by atoms with Crippen molar-refractivity contribution in [3.05, 3.63) is 42.7 Å². The molecule has 1 unspecified atom stereocenters. The molecule has 0 aliphatic carbocycles. The maximum absolute atomic E-state index is 13.7. The zero-order chi connectivity index (χ0) is 22.0. The van der Waals surface area contributed by atoms with Gasteiger partial charge in [0.15, 0.2) is 5.82 Å². The van der Waals surface area contributed by atoms with Gasteiger partial charge in [0, 0.05) is 56.2 Å². The largest absolute Gasteiger partial charge is 0.378 e. The van der Waals surface area contributed by atoms with Crippen molar-refractivity contribution in [1.82, 2.24) is 20.3 Å². The molecule has 32 heavy (non-hydrogen) atoms. The van der Waals surface area contributed by atoms with Crippen LogP contribution in [-0.4, -0.2) is 66.8 Å². The molecule has 2 aromatic heterocycles. The molecule has 168 valence electrons. The van der Waals surface area contributed by atoms with E-state index in [1.54, 1.807) is 12.4 Å². The van der Waals surface area contributed by atoms with Crippen LogP contribution in [0.4, 0.5) is 20.3 Å². The number of hydrogen-bond acceptors (Lipinski definition) is 7. The van der Waals surface area contributed by atoms with Crippen molar-refractivity contribution in [2.45, 2.75) is 12.3 Å². The fourth-order valence-electron chi connectivity index (χ4n) is 4.32. The number of nitrogens with one attached hydrogen (secondary N) is 2. The first kappa shape index (κ1) is 21.0. The first-order valence-electron chi connectivity index (χ1n) is 10.9. The molecule has 2 N–H and O–H groups in total. The van der Waals surface area contributed by atoms with Gasteiger partial charge in [-0.25, -0.2) is 18.7 Å². The van der Waals surface area contributed by atoms with E-state index in [0.717, 1.165) is 43.2 Å². The fourth-order valence-corrected chi connectivity index (χ4v) is 4.32. The molecule has 2 fully saturated rings. The molecule has 0 amide bonds.